The Labute approximate surface area is 129 Å². The number of carbonyl (C=O) groups is 2. The summed E-state index contributed by atoms with van der Waals surface area (Å²) < 4.78 is 5.03. The first-order valence-corrected chi connectivity index (χ1v) is 6.89. The van der Waals surface area contributed by atoms with Gasteiger partial charge in [0.05, 0.1) is 11.3 Å². The molecular weight excluding hydrogens is 280 g/mol. The smallest absolute Gasteiger partial charge is 0.340 e. The van der Waals surface area contributed by atoms with Crippen molar-refractivity contribution in [1.82, 2.24) is 5.32 Å². The summed E-state index contributed by atoms with van der Waals surface area (Å²) in [5.41, 5.74) is 2.09. The molecule has 5 heteroatoms. The Bertz CT molecular complexity index is 656. The van der Waals surface area contributed by atoms with E-state index in [2.05, 4.69) is 5.32 Å². The number of carbonyl (C=O) groups excluding carboxylic acids is 2. The lowest BCUT2D eigenvalue weighted by molar-refractivity contribution is -0.123. The van der Waals surface area contributed by atoms with Gasteiger partial charge in [-0.25, -0.2) is 4.79 Å². The van der Waals surface area contributed by atoms with Crippen LogP contribution in [0.5, 0.6) is 0 Å². The lowest BCUT2D eigenvalue weighted by Gasteiger charge is -2.21. The van der Waals surface area contributed by atoms with Gasteiger partial charge in [-0.2, -0.15) is 0 Å². The number of rotatable bonds is 5. The number of amides is 1. The number of benzene rings is 2. The third kappa shape index (κ3) is 3.63. The van der Waals surface area contributed by atoms with Crippen molar-refractivity contribution in [3.8, 4) is 0 Å². The van der Waals surface area contributed by atoms with Gasteiger partial charge in [-0.3, -0.25) is 4.79 Å². The van der Waals surface area contributed by atoms with Crippen LogP contribution in [0.2, 0.25) is 0 Å². The molecule has 114 valence electrons. The van der Waals surface area contributed by atoms with Gasteiger partial charge in [0.1, 0.15) is 0 Å². The third-order valence-electron chi connectivity index (χ3n) is 3.24. The maximum Gasteiger partial charge on any atom is 0.340 e. The molecule has 0 saturated heterocycles. The van der Waals surface area contributed by atoms with E-state index in [-0.39, 0.29) is 12.5 Å². The van der Waals surface area contributed by atoms with Crippen molar-refractivity contribution in [3.63, 3.8) is 0 Å². The van der Waals surface area contributed by atoms with Crippen molar-refractivity contribution in [1.29, 1.82) is 0 Å². The Morgan fingerprint density at radius 1 is 1.05 bits per heavy atom. The van der Waals surface area contributed by atoms with E-state index in [4.69, 9.17) is 4.74 Å². The highest BCUT2D eigenvalue weighted by Gasteiger charge is 2.17. The lowest BCUT2D eigenvalue weighted by Crippen LogP contribution is -2.25. The Kier molecular flexibility index (Phi) is 5.14. The largest absolute Gasteiger partial charge is 0.452 e. The molecular formula is C17H18N2O3. The molecule has 0 fully saturated rings. The van der Waals surface area contributed by atoms with E-state index in [1.165, 1.54) is 7.05 Å². The molecule has 0 unspecified atom stereocenters. The van der Waals surface area contributed by atoms with Gasteiger partial charge in [0, 0.05) is 19.8 Å². The Balaban J connectivity index is 2.23. The van der Waals surface area contributed by atoms with Gasteiger partial charge < -0.3 is 15.0 Å². The number of esters is 1. The number of likely N-dealkylation sites (N-methyl/N-ethyl adjacent to an activating group) is 1. The Hall–Kier alpha value is -2.82. The third-order valence-corrected chi connectivity index (χ3v) is 3.24. The van der Waals surface area contributed by atoms with Crippen LogP contribution in [0.3, 0.4) is 0 Å². The fourth-order valence-corrected chi connectivity index (χ4v) is 2.01. The van der Waals surface area contributed by atoms with Crippen molar-refractivity contribution in [2.75, 3.05) is 25.6 Å². The maximum absolute atomic E-state index is 12.2. The van der Waals surface area contributed by atoms with Gasteiger partial charge in [-0.05, 0) is 24.3 Å². The number of para-hydroxylation sites is 2. The molecule has 0 aliphatic heterocycles. The van der Waals surface area contributed by atoms with Crippen LogP contribution in [-0.2, 0) is 9.53 Å². The zero-order valence-corrected chi connectivity index (χ0v) is 12.6. The standard InChI is InChI=1S/C17H18N2O3/c1-18-16(20)12-22-17(21)14-10-6-7-11-15(14)19(2)13-8-4-3-5-9-13/h3-11H,12H2,1-2H3,(H,18,20). The zero-order chi connectivity index (χ0) is 15.9. The van der Waals surface area contributed by atoms with Gasteiger partial charge in [-0.15, -0.1) is 0 Å². The quantitative estimate of drug-likeness (QED) is 0.861. The topological polar surface area (TPSA) is 58.6 Å². The highest BCUT2D eigenvalue weighted by Crippen LogP contribution is 2.27. The van der Waals surface area contributed by atoms with Crippen LogP contribution in [0.15, 0.2) is 54.6 Å². The first-order valence-electron chi connectivity index (χ1n) is 6.89. The summed E-state index contributed by atoms with van der Waals surface area (Å²) in [4.78, 5) is 25.3. The van der Waals surface area contributed by atoms with E-state index in [1.807, 2.05) is 54.4 Å². The van der Waals surface area contributed by atoms with Crippen molar-refractivity contribution in [3.05, 3.63) is 60.2 Å². The highest BCUT2D eigenvalue weighted by atomic mass is 16.5. The molecule has 0 heterocycles. The van der Waals surface area contributed by atoms with Crippen molar-refractivity contribution < 1.29 is 14.3 Å². The number of nitrogens with one attached hydrogen (secondary N) is 1. The molecule has 0 saturated carbocycles. The normalized spacial score (nSPS) is 9.91. The van der Waals surface area contributed by atoms with Crippen molar-refractivity contribution in [2.24, 2.45) is 0 Å². The van der Waals surface area contributed by atoms with Crippen LogP contribution in [0.4, 0.5) is 11.4 Å². The SMILES string of the molecule is CNC(=O)COC(=O)c1ccccc1N(C)c1ccccc1. The minimum Gasteiger partial charge on any atom is -0.452 e. The number of nitrogens with zero attached hydrogens (tertiary/aromatic N) is 1. The molecule has 0 atom stereocenters. The maximum atomic E-state index is 12.2. The van der Waals surface area contributed by atoms with E-state index >= 15 is 0 Å². The van der Waals surface area contributed by atoms with E-state index in [0.717, 1.165) is 11.4 Å². The Morgan fingerprint density at radius 3 is 2.36 bits per heavy atom. The molecule has 0 aromatic heterocycles. The summed E-state index contributed by atoms with van der Waals surface area (Å²) >= 11 is 0. The van der Waals surface area contributed by atoms with Crippen molar-refractivity contribution >= 4 is 23.3 Å². The second kappa shape index (κ2) is 7.26. The molecule has 0 radical (unpaired) electrons. The van der Waals surface area contributed by atoms with Gasteiger partial charge in [-0.1, -0.05) is 30.3 Å². The fourth-order valence-electron chi connectivity index (χ4n) is 2.01. The zero-order valence-electron chi connectivity index (χ0n) is 12.6. The minimum absolute atomic E-state index is 0.293. The Morgan fingerprint density at radius 2 is 1.68 bits per heavy atom. The molecule has 2 aromatic rings. The second-order valence-electron chi connectivity index (χ2n) is 4.66. The predicted octanol–water partition coefficient (Wildman–Crippen LogP) is 2.36. The molecule has 0 bridgehead atoms. The average Bonchev–Trinajstić information content (AvgIpc) is 2.59. The molecule has 2 rings (SSSR count). The first kappa shape index (κ1) is 15.6. The van der Waals surface area contributed by atoms with Crippen LogP contribution >= 0.6 is 0 Å². The molecule has 1 N–H and O–H groups in total. The van der Waals surface area contributed by atoms with E-state index in [1.54, 1.807) is 12.1 Å². The molecule has 0 spiro atoms. The van der Waals surface area contributed by atoms with Gasteiger partial charge >= 0.3 is 5.97 Å². The molecule has 0 aliphatic carbocycles. The predicted molar refractivity (Wildman–Crippen MR) is 85.3 cm³/mol. The summed E-state index contributed by atoms with van der Waals surface area (Å²) in [6, 6.07) is 16.8. The molecule has 2 aromatic carbocycles. The number of ether oxygens (including phenoxy) is 1. The van der Waals surface area contributed by atoms with Crippen LogP contribution in [0, 0.1) is 0 Å². The summed E-state index contributed by atoms with van der Waals surface area (Å²) in [5.74, 6) is -0.871. The number of hydrogen-bond donors (Lipinski definition) is 1. The second-order valence-corrected chi connectivity index (χ2v) is 4.66. The summed E-state index contributed by atoms with van der Waals surface area (Å²) in [7, 11) is 3.37. The van der Waals surface area contributed by atoms with Gasteiger partial charge in [0.2, 0.25) is 0 Å². The fraction of sp³-hybridized carbons (Fsp3) is 0.176. The number of anilines is 2. The van der Waals surface area contributed by atoms with Crippen LogP contribution in [0.25, 0.3) is 0 Å². The van der Waals surface area contributed by atoms with Crippen LogP contribution < -0.4 is 10.2 Å². The summed E-state index contributed by atoms with van der Waals surface area (Å²) in [6.45, 7) is -0.293. The first-order chi connectivity index (χ1) is 10.6. The highest BCUT2D eigenvalue weighted by molar-refractivity contribution is 5.97. The minimum atomic E-state index is -0.526. The summed E-state index contributed by atoms with van der Waals surface area (Å²) in [6.07, 6.45) is 0. The molecule has 22 heavy (non-hydrogen) atoms. The monoisotopic (exact) mass is 298 g/mol. The van der Waals surface area contributed by atoms with Gasteiger partial charge in [0.15, 0.2) is 6.61 Å². The molecule has 0 aliphatic rings. The van der Waals surface area contributed by atoms with E-state index < -0.39 is 5.97 Å². The van der Waals surface area contributed by atoms with Crippen LogP contribution in [-0.4, -0.2) is 32.6 Å². The lowest BCUT2D eigenvalue weighted by atomic mass is 10.1. The van der Waals surface area contributed by atoms with E-state index in [9.17, 15) is 9.59 Å². The average molecular weight is 298 g/mol. The molecule has 5 nitrogen and oxygen atoms in total. The molecule has 1 amide bonds. The number of hydrogen-bond acceptors (Lipinski definition) is 4. The summed E-state index contributed by atoms with van der Waals surface area (Å²) in [5, 5.41) is 2.41. The van der Waals surface area contributed by atoms with Gasteiger partial charge in [0.25, 0.3) is 5.91 Å². The van der Waals surface area contributed by atoms with Crippen LogP contribution in [0.1, 0.15) is 10.4 Å². The van der Waals surface area contributed by atoms with Crippen molar-refractivity contribution in [2.45, 2.75) is 0 Å². The van der Waals surface area contributed by atoms with E-state index in [0.29, 0.717) is 5.56 Å².